The first-order valence-electron chi connectivity index (χ1n) is 10.0. The van der Waals surface area contributed by atoms with E-state index >= 15 is 0 Å². The summed E-state index contributed by atoms with van der Waals surface area (Å²) >= 11 is 0. The van der Waals surface area contributed by atoms with Crippen molar-refractivity contribution in [3.8, 4) is 0 Å². The van der Waals surface area contributed by atoms with Crippen LogP contribution in [0.4, 0.5) is 9.18 Å². The van der Waals surface area contributed by atoms with Gasteiger partial charge in [0.1, 0.15) is 11.4 Å². The maximum Gasteiger partial charge on any atom is 0.326 e. The van der Waals surface area contributed by atoms with Crippen molar-refractivity contribution in [3.63, 3.8) is 0 Å². The zero-order valence-corrected chi connectivity index (χ0v) is 17.2. The summed E-state index contributed by atoms with van der Waals surface area (Å²) in [6, 6.07) is 15.4. The van der Waals surface area contributed by atoms with Crippen LogP contribution in [0.15, 0.2) is 54.6 Å². The number of urea groups is 1. The van der Waals surface area contributed by atoms with Crippen LogP contribution in [0.2, 0.25) is 0 Å². The number of hydrogen-bond acceptors (Lipinski definition) is 3. The number of rotatable bonds is 8. The molecule has 154 valence electrons. The molecule has 0 radical (unpaired) electrons. The first kappa shape index (κ1) is 21.0. The molecular weight excluding hydrogens is 369 g/mol. The molecule has 1 aliphatic rings. The van der Waals surface area contributed by atoms with Crippen LogP contribution < -0.4 is 5.32 Å². The summed E-state index contributed by atoms with van der Waals surface area (Å²) in [5.41, 5.74) is 0.545. The van der Waals surface area contributed by atoms with Crippen molar-refractivity contribution >= 4 is 11.9 Å². The van der Waals surface area contributed by atoms with Crippen LogP contribution in [0.5, 0.6) is 0 Å². The highest BCUT2D eigenvalue weighted by molar-refractivity contribution is 6.07. The molecule has 1 atom stereocenters. The van der Waals surface area contributed by atoms with Crippen LogP contribution in [-0.4, -0.2) is 35.0 Å². The molecule has 0 spiro atoms. The van der Waals surface area contributed by atoms with E-state index in [0.29, 0.717) is 19.5 Å². The van der Waals surface area contributed by atoms with Crippen molar-refractivity contribution in [2.24, 2.45) is 5.92 Å². The lowest BCUT2D eigenvalue weighted by Crippen LogP contribution is -2.46. The number of halogens is 1. The minimum atomic E-state index is -1.05. The maximum atomic E-state index is 13.5. The molecule has 6 heteroatoms. The van der Waals surface area contributed by atoms with Crippen LogP contribution in [0.25, 0.3) is 0 Å². The zero-order valence-electron chi connectivity index (χ0n) is 17.2. The average Bonchev–Trinajstić information content (AvgIpc) is 2.92. The summed E-state index contributed by atoms with van der Waals surface area (Å²) in [4.78, 5) is 29.5. The largest absolute Gasteiger partial charge is 0.326 e. The Hall–Kier alpha value is -2.73. The van der Waals surface area contributed by atoms with E-state index in [1.165, 1.54) is 17.0 Å². The first-order chi connectivity index (χ1) is 13.9. The van der Waals surface area contributed by atoms with Crippen LogP contribution in [-0.2, 0) is 16.9 Å². The summed E-state index contributed by atoms with van der Waals surface area (Å²) in [6.07, 6.45) is 0.522. The molecule has 0 aliphatic carbocycles. The van der Waals surface area contributed by atoms with E-state index in [2.05, 4.69) is 5.32 Å². The van der Waals surface area contributed by atoms with Gasteiger partial charge in [-0.25, -0.2) is 14.1 Å². The van der Waals surface area contributed by atoms with E-state index in [4.69, 9.17) is 0 Å². The Morgan fingerprint density at radius 3 is 2.45 bits per heavy atom. The van der Waals surface area contributed by atoms with Gasteiger partial charge in [0.15, 0.2) is 0 Å². The SMILES string of the molecule is CCN(Cc1cccc(F)c1)CN1C(=O)NC(CC(C)C)(c2ccccc2)C1=O. The number of carbonyl (C=O) groups is 2. The number of benzene rings is 2. The van der Waals surface area contributed by atoms with Gasteiger partial charge in [-0.05, 0) is 42.1 Å². The lowest BCUT2D eigenvalue weighted by Gasteiger charge is -2.30. The average molecular weight is 397 g/mol. The molecule has 1 fully saturated rings. The Balaban J connectivity index is 1.84. The fourth-order valence-electron chi connectivity index (χ4n) is 3.90. The summed E-state index contributed by atoms with van der Waals surface area (Å²) < 4.78 is 13.5. The molecule has 0 bridgehead atoms. The fourth-order valence-corrected chi connectivity index (χ4v) is 3.90. The second-order valence-electron chi connectivity index (χ2n) is 7.95. The molecule has 3 rings (SSSR count). The number of carbonyl (C=O) groups excluding carboxylic acids is 2. The Bertz CT molecular complexity index is 871. The van der Waals surface area contributed by atoms with E-state index in [1.54, 1.807) is 6.07 Å². The first-order valence-corrected chi connectivity index (χ1v) is 10.0. The Labute approximate surface area is 171 Å². The second kappa shape index (κ2) is 8.74. The number of hydrogen-bond donors (Lipinski definition) is 1. The van der Waals surface area contributed by atoms with Crippen molar-refractivity contribution in [3.05, 3.63) is 71.5 Å². The van der Waals surface area contributed by atoms with Gasteiger partial charge in [0.25, 0.3) is 5.91 Å². The van der Waals surface area contributed by atoms with Gasteiger partial charge in [-0.15, -0.1) is 0 Å². The minimum absolute atomic E-state index is 0.157. The van der Waals surface area contributed by atoms with E-state index in [1.807, 2.05) is 62.1 Å². The van der Waals surface area contributed by atoms with Crippen LogP contribution in [0.1, 0.15) is 38.3 Å². The normalized spacial score (nSPS) is 19.3. The van der Waals surface area contributed by atoms with Gasteiger partial charge in [0.05, 0.1) is 6.67 Å². The molecule has 1 N–H and O–H groups in total. The zero-order chi connectivity index (χ0) is 21.0. The molecule has 5 nitrogen and oxygen atoms in total. The van der Waals surface area contributed by atoms with Gasteiger partial charge in [-0.2, -0.15) is 0 Å². The summed E-state index contributed by atoms with van der Waals surface area (Å²) in [5.74, 6) is -0.317. The van der Waals surface area contributed by atoms with Crippen LogP contribution in [0, 0.1) is 11.7 Å². The molecule has 1 unspecified atom stereocenters. The number of nitrogens with one attached hydrogen (secondary N) is 1. The molecular formula is C23H28FN3O2. The topological polar surface area (TPSA) is 52.6 Å². The van der Waals surface area contributed by atoms with Crippen LogP contribution in [0.3, 0.4) is 0 Å². The maximum absolute atomic E-state index is 13.5. The molecule has 0 aromatic heterocycles. The van der Waals surface area contributed by atoms with E-state index in [-0.39, 0.29) is 24.3 Å². The van der Waals surface area contributed by atoms with Gasteiger partial charge in [-0.1, -0.05) is 63.2 Å². The third-order valence-corrected chi connectivity index (χ3v) is 5.24. The van der Waals surface area contributed by atoms with Gasteiger partial charge in [0.2, 0.25) is 0 Å². The van der Waals surface area contributed by atoms with Gasteiger partial charge >= 0.3 is 6.03 Å². The highest BCUT2D eigenvalue weighted by atomic mass is 19.1. The number of imide groups is 1. The lowest BCUT2D eigenvalue weighted by atomic mass is 9.82. The van der Waals surface area contributed by atoms with Crippen molar-refractivity contribution < 1.29 is 14.0 Å². The predicted molar refractivity (Wildman–Crippen MR) is 110 cm³/mol. The molecule has 3 amide bonds. The van der Waals surface area contributed by atoms with E-state index in [9.17, 15) is 14.0 Å². The summed E-state index contributed by atoms with van der Waals surface area (Å²) in [5, 5.41) is 2.97. The van der Waals surface area contributed by atoms with Crippen molar-refractivity contribution in [2.75, 3.05) is 13.2 Å². The van der Waals surface area contributed by atoms with Gasteiger partial charge in [-0.3, -0.25) is 9.69 Å². The van der Waals surface area contributed by atoms with Crippen molar-refractivity contribution in [1.82, 2.24) is 15.1 Å². The standard InChI is InChI=1S/C23H28FN3O2/c1-4-26(15-18-9-8-12-20(24)13-18)16-27-21(28)23(14-17(2)3,25-22(27)29)19-10-6-5-7-11-19/h5-13,17H,4,14-16H2,1-3H3,(H,25,29). The predicted octanol–water partition coefficient (Wildman–Crippen LogP) is 4.10. The summed E-state index contributed by atoms with van der Waals surface area (Å²) in [7, 11) is 0. The van der Waals surface area contributed by atoms with E-state index < -0.39 is 11.6 Å². The molecule has 2 aromatic rings. The van der Waals surface area contributed by atoms with E-state index in [0.717, 1.165) is 11.1 Å². The third-order valence-electron chi connectivity index (χ3n) is 5.24. The highest BCUT2D eigenvalue weighted by Crippen LogP contribution is 2.35. The quantitative estimate of drug-likeness (QED) is 0.683. The molecule has 1 heterocycles. The smallest absolute Gasteiger partial charge is 0.319 e. The lowest BCUT2D eigenvalue weighted by molar-refractivity contribution is -0.133. The summed E-state index contributed by atoms with van der Waals surface area (Å²) in [6.45, 7) is 7.26. The molecule has 0 saturated carbocycles. The number of nitrogens with zero attached hydrogens (tertiary/aromatic N) is 2. The Kier molecular flexibility index (Phi) is 6.33. The van der Waals surface area contributed by atoms with Crippen molar-refractivity contribution in [2.45, 2.75) is 39.3 Å². The second-order valence-corrected chi connectivity index (χ2v) is 7.95. The Morgan fingerprint density at radius 2 is 1.83 bits per heavy atom. The third kappa shape index (κ3) is 4.48. The van der Waals surface area contributed by atoms with Crippen LogP contribution >= 0.6 is 0 Å². The molecule has 29 heavy (non-hydrogen) atoms. The molecule has 2 aromatic carbocycles. The highest BCUT2D eigenvalue weighted by Gasteiger charge is 2.52. The monoisotopic (exact) mass is 397 g/mol. The van der Waals surface area contributed by atoms with Gasteiger partial charge < -0.3 is 5.32 Å². The molecule has 1 saturated heterocycles. The van der Waals surface area contributed by atoms with Gasteiger partial charge in [0, 0.05) is 6.54 Å². The Morgan fingerprint density at radius 1 is 1.10 bits per heavy atom. The molecule has 1 aliphatic heterocycles. The minimum Gasteiger partial charge on any atom is -0.319 e. The fraction of sp³-hybridized carbons (Fsp3) is 0.391. The van der Waals surface area contributed by atoms with Crippen molar-refractivity contribution in [1.29, 1.82) is 0 Å². The number of amides is 3.